The molecule has 0 aromatic heterocycles. The van der Waals surface area contributed by atoms with Crippen LogP contribution >= 0.6 is 0 Å². The van der Waals surface area contributed by atoms with Crippen LogP contribution in [0.15, 0.2) is 48.5 Å². The van der Waals surface area contributed by atoms with Gasteiger partial charge in [-0.25, -0.2) is 4.79 Å². The maximum atomic E-state index is 11.9. The Morgan fingerprint density at radius 1 is 0.646 bits per heavy atom. The van der Waals surface area contributed by atoms with E-state index >= 15 is 0 Å². The van der Waals surface area contributed by atoms with Crippen molar-refractivity contribution in [2.75, 3.05) is 57.7 Å². The molecule has 8 nitrogen and oxygen atoms in total. The lowest BCUT2D eigenvalue weighted by molar-refractivity contribution is -0.130. The number of ether oxygens (including phenoxy) is 1. The molecule has 2 atom stereocenters. The highest BCUT2D eigenvalue weighted by Crippen LogP contribution is 2.45. The number of para-hydroxylation sites is 1. The topological polar surface area (TPSA) is 77.2 Å². The van der Waals surface area contributed by atoms with Crippen molar-refractivity contribution < 1.29 is 14.3 Å². The Kier molecular flexibility index (Phi) is 10.3. The fraction of sp³-hybridized carbons (Fsp3) is 0.650. The highest BCUT2D eigenvalue weighted by Gasteiger charge is 2.50. The molecule has 3 spiro atoms. The van der Waals surface area contributed by atoms with Crippen LogP contribution in [0.3, 0.4) is 0 Å². The average molecular weight is 658 g/mol. The first-order valence-electron chi connectivity index (χ1n) is 18.6. The minimum atomic E-state index is -0.377. The molecule has 2 aromatic rings. The summed E-state index contributed by atoms with van der Waals surface area (Å²) < 4.78 is 5.68. The van der Waals surface area contributed by atoms with Gasteiger partial charge in [0.15, 0.2) is 5.60 Å². The van der Waals surface area contributed by atoms with Gasteiger partial charge in [0.05, 0.1) is 11.0 Å². The molecule has 2 aromatic carbocycles. The van der Waals surface area contributed by atoms with Gasteiger partial charge in [-0.05, 0) is 111 Å². The molecule has 6 aliphatic rings. The number of rotatable bonds is 3. The van der Waals surface area contributed by atoms with Crippen molar-refractivity contribution in [1.82, 2.24) is 20.0 Å². The Balaban J connectivity index is 0.000000126. The number of carbonyl (C=O) groups is 2. The summed E-state index contributed by atoms with van der Waals surface area (Å²) in [6.45, 7) is 21.9. The van der Waals surface area contributed by atoms with Gasteiger partial charge in [-0.2, -0.15) is 0 Å². The van der Waals surface area contributed by atoms with Crippen LogP contribution in [-0.4, -0.2) is 97.1 Å². The highest BCUT2D eigenvalue weighted by atomic mass is 16.6. The van der Waals surface area contributed by atoms with Crippen molar-refractivity contribution in [3.05, 3.63) is 65.2 Å². The lowest BCUT2D eigenvalue weighted by Crippen LogP contribution is -2.49. The summed E-state index contributed by atoms with van der Waals surface area (Å²) in [7, 11) is 0. The van der Waals surface area contributed by atoms with Crippen LogP contribution < -0.4 is 10.6 Å². The number of hydrogen-bond donors (Lipinski definition) is 2. The molecule has 4 saturated heterocycles. The van der Waals surface area contributed by atoms with Gasteiger partial charge < -0.3 is 20.3 Å². The Morgan fingerprint density at radius 2 is 1.27 bits per heavy atom. The van der Waals surface area contributed by atoms with Gasteiger partial charge in [-0.1, -0.05) is 36.4 Å². The van der Waals surface area contributed by atoms with Gasteiger partial charge in [-0.15, -0.1) is 0 Å². The number of nitrogens with zero attached hydrogens (tertiary/aromatic N) is 3. The first-order valence-corrected chi connectivity index (χ1v) is 18.6. The molecule has 48 heavy (non-hydrogen) atoms. The third-order valence-corrected chi connectivity index (χ3v) is 12.2. The summed E-state index contributed by atoms with van der Waals surface area (Å²) in [4.78, 5) is 31.1. The number of fused-ring (bicyclic) bond motifs is 4. The Bertz CT molecular complexity index is 1450. The predicted octanol–water partition coefficient (Wildman–Crippen LogP) is 6.02. The molecular weight excluding hydrogens is 598 g/mol. The maximum Gasteiger partial charge on any atom is 0.339 e. The minimum Gasteiger partial charge on any atom is -0.449 e. The van der Waals surface area contributed by atoms with Crippen molar-refractivity contribution in [1.29, 1.82) is 0 Å². The number of nitrogens with one attached hydrogen (secondary N) is 2. The molecule has 262 valence electrons. The van der Waals surface area contributed by atoms with E-state index in [1.165, 1.54) is 38.0 Å². The molecule has 0 bridgehead atoms. The van der Waals surface area contributed by atoms with Crippen molar-refractivity contribution in [3.8, 4) is 0 Å². The summed E-state index contributed by atoms with van der Waals surface area (Å²) in [5, 5.41) is 6.56. The minimum absolute atomic E-state index is 0.0392. The second-order valence-electron chi connectivity index (χ2n) is 16.0. The fourth-order valence-corrected chi connectivity index (χ4v) is 8.99. The summed E-state index contributed by atoms with van der Waals surface area (Å²) in [5.74, 6) is 0.133. The van der Waals surface area contributed by atoms with Gasteiger partial charge in [0, 0.05) is 73.9 Å². The molecule has 8 heteroatoms. The van der Waals surface area contributed by atoms with Crippen LogP contribution in [0.5, 0.6) is 0 Å². The number of likely N-dealkylation sites (tertiary alicyclic amines) is 3. The van der Waals surface area contributed by atoms with E-state index < -0.39 is 0 Å². The maximum absolute atomic E-state index is 11.9. The SMILES string of the molecule is CC(C)N1CCC2(C1)OC(=O)c1ccccc12.CC(C)N1CCC2(CC1)CNc1ccccc12.CC(C)N1CCCC2(CCNC2=O)C1. The second-order valence-corrected chi connectivity index (χ2v) is 16.0. The first kappa shape index (κ1) is 34.9. The zero-order chi connectivity index (χ0) is 34.1. The van der Waals surface area contributed by atoms with E-state index in [9.17, 15) is 9.59 Å². The Hall–Kier alpha value is -2.94. The molecule has 4 fully saturated rings. The molecular formula is C40H59N5O3. The summed E-state index contributed by atoms with van der Waals surface area (Å²) in [6.07, 6.45) is 6.81. The van der Waals surface area contributed by atoms with Crippen LogP contribution in [0.2, 0.25) is 0 Å². The van der Waals surface area contributed by atoms with Crippen LogP contribution in [0.25, 0.3) is 0 Å². The van der Waals surface area contributed by atoms with E-state index in [-0.39, 0.29) is 17.0 Å². The number of benzene rings is 2. The molecule has 2 N–H and O–H groups in total. The fourth-order valence-electron chi connectivity index (χ4n) is 8.99. The molecule has 6 aliphatic heterocycles. The monoisotopic (exact) mass is 657 g/mol. The van der Waals surface area contributed by atoms with Gasteiger partial charge in [0.2, 0.25) is 5.91 Å². The van der Waals surface area contributed by atoms with Crippen LogP contribution in [0.4, 0.5) is 5.69 Å². The van der Waals surface area contributed by atoms with E-state index in [4.69, 9.17) is 4.74 Å². The standard InChI is InChI=1S/C15H22N2.C14H17NO2.C11H20N2O/c1-12(2)17-9-7-15(8-10-17)11-16-14-6-4-3-5-13(14)15;1-10(2)15-8-7-14(9-15)12-6-4-3-5-11(12)13(16)17-14;1-9(2)13-7-3-4-11(8-13)5-6-12-10(11)14/h3-6,12,16H,7-11H2,1-2H3;3-6,10H,7-9H2,1-2H3;9H,3-8H2,1-2H3,(H,12,14). The van der Waals surface area contributed by atoms with Crippen LogP contribution in [0, 0.1) is 5.41 Å². The quantitative estimate of drug-likeness (QED) is 0.391. The molecule has 2 unspecified atom stereocenters. The lowest BCUT2D eigenvalue weighted by Gasteiger charge is -2.41. The second kappa shape index (κ2) is 14.1. The lowest BCUT2D eigenvalue weighted by atomic mass is 9.74. The number of anilines is 1. The van der Waals surface area contributed by atoms with E-state index in [1.54, 1.807) is 5.56 Å². The largest absolute Gasteiger partial charge is 0.449 e. The van der Waals surface area contributed by atoms with Crippen molar-refractivity contribution in [3.63, 3.8) is 0 Å². The zero-order valence-electron chi connectivity index (χ0n) is 30.3. The van der Waals surface area contributed by atoms with Gasteiger partial charge >= 0.3 is 5.97 Å². The van der Waals surface area contributed by atoms with Gasteiger partial charge in [0.1, 0.15) is 0 Å². The van der Waals surface area contributed by atoms with E-state index in [0.29, 0.717) is 29.4 Å². The van der Waals surface area contributed by atoms with Crippen LogP contribution in [-0.2, 0) is 20.5 Å². The predicted molar refractivity (Wildman–Crippen MR) is 193 cm³/mol. The smallest absolute Gasteiger partial charge is 0.339 e. The number of hydrogen-bond acceptors (Lipinski definition) is 7. The third kappa shape index (κ3) is 6.77. The molecule has 0 aliphatic carbocycles. The Labute approximate surface area is 288 Å². The van der Waals surface area contributed by atoms with Gasteiger partial charge in [-0.3, -0.25) is 14.6 Å². The Morgan fingerprint density at radius 3 is 1.92 bits per heavy atom. The molecule has 0 radical (unpaired) electrons. The van der Waals surface area contributed by atoms with E-state index in [1.807, 2.05) is 24.3 Å². The number of carbonyl (C=O) groups excluding carboxylic acids is 2. The molecule has 1 amide bonds. The first-order chi connectivity index (χ1) is 23.0. The highest BCUT2D eigenvalue weighted by molar-refractivity contribution is 5.94. The van der Waals surface area contributed by atoms with Gasteiger partial charge in [0.25, 0.3) is 0 Å². The summed E-state index contributed by atoms with van der Waals surface area (Å²) in [5.41, 5.74) is 4.75. The molecule has 8 rings (SSSR count). The average Bonchev–Trinajstić information content (AvgIpc) is 3.84. The normalized spacial score (nSPS) is 27.9. The third-order valence-electron chi connectivity index (χ3n) is 12.2. The number of esters is 1. The molecule has 6 heterocycles. The van der Waals surface area contributed by atoms with E-state index in [0.717, 1.165) is 69.7 Å². The van der Waals surface area contributed by atoms with Crippen molar-refractivity contribution in [2.24, 2.45) is 5.41 Å². The van der Waals surface area contributed by atoms with Crippen LogP contribution in [0.1, 0.15) is 102 Å². The zero-order valence-corrected chi connectivity index (χ0v) is 30.3. The summed E-state index contributed by atoms with van der Waals surface area (Å²) >= 11 is 0. The summed E-state index contributed by atoms with van der Waals surface area (Å²) in [6, 6.07) is 18.4. The van der Waals surface area contributed by atoms with Crippen molar-refractivity contribution in [2.45, 2.75) is 109 Å². The molecule has 0 saturated carbocycles. The van der Waals surface area contributed by atoms with E-state index in [2.05, 4.69) is 91.1 Å². The number of piperidine rings is 2. The number of amides is 1. The van der Waals surface area contributed by atoms with Crippen molar-refractivity contribution >= 4 is 17.6 Å².